The minimum absolute atomic E-state index is 0.638. The van der Waals surface area contributed by atoms with Crippen molar-refractivity contribution < 1.29 is 9.47 Å². The minimum atomic E-state index is -0.812. The van der Waals surface area contributed by atoms with Gasteiger partial charge < -0.3 is 9.47 Å². The normalized spacial score (nSPS) is 14.1. The van der Waals surface area contributed by atoms with Gasteiger partial charge in [-0.2, -0.15) is 0 Å². The number of hydrogen-bond acceptors (Lipinski definition) is 8. The van der Waals surface area contributed by atoms with Crippen molar-refractivity contribution >= 4 is 10.8 Å². The molecule has 18 aromatic rings. The first-order chi connectivity index (χ1) is 54.5. The average molecular weight is 1400 g/mol. The van der Waals surface area contributed by atoms with Gasteiger partial charge in [-0.25, -0.2) is 19.9 Å². The lowest BCUT2D eigenvalue weighted by Crippen LogP contribution is -2.32. The molecule has 0 N–H and O–H groups in total. The zero-order chi connectivity index (χ0) is 72.4. The van der Waals surface area contributed by atoms with Gasteiger partial charge in [-0.05, 0) is 162 Å². The summed E-state index contributed by atoms with van der Waals surface area (Å²) in [4.78, 5) is 30.8. The molecule has 8 heteroatoms. The van der Waals surface area contributed by atoms with Crippen molar-refractivity contribution in [3.8, 4) is 158 Å². The summed E-state index contributed by atoms with van der Waals surface area (Å²) in [5.41, 5.74) is 29.7. The highest BCUT2D eigenvalue weighted by molar-refractivity contribution is 6.02. The lowest BCUT2D eigenvalue weighted by atomic mass is 9.65. The summed E-state index contributed by atoms with van der Waals surface area (Å²) >= 11 is 0. The van der Waals surface area contributed by atoms with Crippen molar-refractivity contribution in [1.82, 2.24) is 29.9 Å². The van der Waals surface area contributed by atoms with Gasteiger partial charge in [0.2, 0.25) is 0 Å². The molecule has 2 spiro atoms. The Labute approximate surface area is 635 Å². The molecule has 2 aliphatic heterocycles. The molecule has 4 aliphatic rings. The summed E-state index contributed by atoms with van der Waals surface area (Å²) < 4.78 is 14.2. The van der Waals surface area contributed by atoms with E-state index in [1.807, 2.05) is 61.2 Å². The summed E-state index contributed by atoms with van der Waals surface area (Å²) in [6.45, 7) is 0. The Bertz CT molecular complexity index is 6740. The Hall–Kier alpha value is -14.6. The summed E-state index contributed by atoms with van der Waals surface area (Å²) in [5, 5.41) is 2.14. The van der Waals surface area contributed by atoms with Crippen molar-refractivity contribution in [1.29, 1.82) is 0 Å². The third-order valence-electron chi connectivity index (χ3n) is 22.8. The van der Waals surface area contributed by atoms with Crippen LogP contribution in [0, 0.1) is 0 Å². The number of benzene rings is 14. The van der Waals surface area contributed by atoms with Crippen molar-refractivity contribution in [2.24, 2.45) is 0 Å². The van der Waals surface area contributed by atoms with E-state index in [2.05, 4.69) is 325 Å². The van der Waals surface area contributed by atoms with Crippen LogP contribution in [0.4, 0.5) is 0 Å². The van der Waals surface area contributed by atoms with Crippen LogP contribution in [0.3, 0.4) is 0 Å². The predicted molar refractivity (Wildman–Crippen MR) is 440 cm³/mol. The number of fused-ring (bicyclic) bond motifs is 19. The quantitative estimate of drug-likeness (QED) is 0.134. The summed E-state index contributed by atoms with van der Waals surface area (Å²) in [6.07, 6.45) is 7.55. The van der Waals surface area contributed by atoms with E-state index >= 15 is 0 Å². The molecule has 22 rings (SSSR count). The lowest BCUT2D eigenvalue weighted by Gasteiger charge is -2.40. The van der Waals surface area contributed by atoms with Crippen molar-refractivity contribution in [3.05, 3.63) is 421 Å². The SMILES string of the molecule is c1ccc(-c2cccc(-c3cc(-c4ccc5c(c4)-c4cc(-c6cccnc6)ccc4C54c5ccccc5Oc5c(-c6cccc7cc(-c8cc(-c9ccc%10c(c9)-c9cc(-c%11cccnc%11)ccc9C%109c%10ccccc%10Oc%10ccccc%109)nc(-c9ccccc9)n8)ccc67)cccc54)nc(-c4ccccc4)n3)c2)cc1. The van der Waals surface area contributed by atoms with Crippen LogP contribution in [0.25, 0.3) is 145 Å². The predicted octanol–water partition coefficient (Wildman–Crippen LogP) is 24.8. The first kappa shape index (κ1) is 62.7. The first-order valence-corrected chi connectivity index (χ1v) is 37.2. The maximum Gasteiger partial charge on any atom is 0.160 e. The van der Waals surface area contributed by atoms with Gasteiger partial charge in [0, 0.05) is 97.1 Å². The van der Waals surface area contributed by atoms with Gasteiger partial charge in [-0.3, -0.25) is 9.97 Å². The van der Waals surface area contributed by atoms with Crippen molar-refractivity contribution in [2.75, 3.05) is 0 Å². The molecule has 1 unspecified atom stereocenters. The Morgan fingerprint density at radius 1 is 0.209 bits per heavy atom. The topological polar surface area (TPSA) is 95.8 Å². The molecule has 4 aromatic heterocycles. The zero-order valence-corrected chi connectivity index (χ0v) is 59.3. The molecular weight excluding hydrogens is 1340 g/mol. The number of nitrogens with zero attached hydrogens (tertiary/aromatic N) is 6. The highest BCUT2D eigenvalue weighted by Gasteiger charge is 2.53. The second-order valence-corrected chi connectivity index (χ2v) is 28.7. The summed E-state index contributed by atoms with van der Waals surface area (Å²) in [5.74, 6) is 4.59. The maximum atomic E-state index is 7.45. The van der Waals surface area contributed by atoms with E-state index in [0.717, 1.165) is 185 Å². The molecule has 8 nitrogen and oxygen atoms in total. The molecule has 0 saturated carbocycles. The van der Waals surface area contributed by atoms with Gasteiger partial charge in [0.1, 0.15) is 23.0 Å². The van der Waals surface area contributed by atoms with Crippen LogP contribution >= 0.6 is 0 Å². The van der Waals surface area contributed by atoms with E-state index in [4.69, 9.17) is 29.4 Å². The minimum Gasteiger partial charge on any atom is -0.457 e. The standard InChI is InChI=1S/C102H62N6O2/c1-4-21-63(22-5-1)66-27-16-29-70(53-66)91-59-93(107-99(105-91)64-23-6-2-7-24-64)73-45-50-86-82(58-73)80-56-68(75-31-20-52-104-62-75)43-48-85(80)102(86)89-36-12-15-40-97(89)110-98-78(33-18-37-90(98)102)77-32-17-28-69-54-71(41-46-76(69)77)92-60-94(108-100(106-92)65-25-8-3-9-26-65)72-44-49-84-81(57-72)79-55-67(74-30-19-51-103-61-74)42-47-83(79)101(84)87-34-10-13-38-95(87)109-96-39-14-11-35-88(96)101/h1-62H. The second-order valence-electron chi connectivity index (χ2n) is 28.7. The van der Waals surface area contributed by atoms with E-state index in [1.54, 1.807) is 0 Å². The van der Waals surface area contributed by atoms with Gasteiger partial charge in [0.25, 0.3) is 0 Å². The Morgan fingerprint density at radius 2 is 0.573 bits per heavy atom. The first-order valence-electron chi connectivity index (χ1n) is 37.2. The fourth-order valence-corrected chi connectivity index (χ4v) is 17.9. The molecule has 1 atom stereocenters. The van der Waals surface area contributed by atoms with E-state index in [9.17, 15) is 0 Å². The van der Waals surface area contributed by atoms with E-state index < -0.39 is 10.8 Å². The molecule has 0 bridgehead atoms. The molecule has 0 saturated heterocycles. The third kappa shape index (κ3) is 9.79. The van der Waals surface area contributed by atoms with Crippen LogP contribution in [-0.2, 0) is 10.8 Å². The highest BCUT2D eigenvalue weighted by atomic mass is 16.5. The van der Waals surface area contributed by atoms with Crippen molar-refractivity contribution in [3.63, 3.8) is 0 Å². The zero-order valence-electron chi connectivity index (χ0n) is 59.3. The smallest absolute Gasteiger partial charge is 0.160 e. The molecule has 0 amide bonds. The lowest BCUT2D eigenvalue weighted by molar-refractivity contribution is 0.436. The van der Waals surface area contributed by atoms with Crippen molar-refractivity contribution in [2.45, 2.75) is 10.8 Å². The van der Waals surface area contributed by atoms with Gasteiger partial charge in [0.05, 0.1) is 33.6 Å². The van der Waals surface area contributed by atoms with E-state index in [1.165, 1.54) is 16.7 Å². The average Bonchev–Trinajstić information content (AvgIpc) is 1.49. The Balaban J connectivity index is 0.686. The summed E-state index contributed by atoms with van der Waals surface area (Å²) in [6, 6.07) is 126. The van der Waals surface area contributed by atoms with Crippen LogP contribution < -0.4 is 9.47 Å². The molecule has 0 radical (unpaired) electrons. The molecule has 2 aliphatic carbocycles. The number of pyridine rings is 2. The fraction of sp³-hybridized carbons (Fsp3) is 0.0196. The largest absolute Gasteiger partial charge is 0.457 e. The molecule has 14 aromatic carbocycles. The highest BCUT2D eigenvalue weighted by Crippen LogP contribution is 2.66. The summed E-state index contributed by atoms with van der Waals surface area (Å²) in [7, 11) is 0. The van der Waals surface area contributed by atoms with Crippen LogP contribution in [0.2, 0.25) is 0 Å². The van der Waals surface area contributed by atoms with Gasteiger partial charge in [-0.1, -0.05) is 273 Å². The van der Waals surface area contributed by atoms with Crippen LogP contribution in [-0.4, -0.2) is 29.9 Å². The number of rotatable bonds is 10. The molecular formula is C102H62N6O2. The Morgan fingerprint density at radius 3 is 1.08 bits per heavy atom. The number of ether oxygens (including phenoxy) is 2. The number of hydrogen-bond donors (Lipinski definition) is 0. The number of para-hydroxylation sites is 4. The van der Waals surface area contributed by atoms with Gasteiger partial charge in [-0.15, -0.1) is 0 Å². The van der Waals surface area contributed by atoms with Gasteiger partial charge in [0.15, 0.2) is 11.6 Å². The van der Waals surface area contributed by atoms with Crippen LogP contribution in [0.5, 0.6) is 23.0 Å². The second kappa shape index (κ2) is 25.0. The Kier molecular flexibility index (Phi) is 14.3. The molecule has 110 heavy (non-hydrogen) atoms. The maximum absolute atomic E-state index is 7.45. The fourth-order valence-electron chi connectivity index (χ4n) is 17.9. The molecule has 512 valence electrons. The van der Waals surface area contributed by atoms with Crippen LogP contribution in [0.1, 0.15) is 44.5 Å². The monoisotopic (exact) mass is 1400 g/mol. The molecule has 6 heterocycles. The third-order valence-corrected chi connectivity index (χ3v) is 22.8. The molecule has 0 fully saturated rings. The number of aromatic nitrogens is 6. The van der Waals surface area contributed by atoms with Crippen LogP contribution in [0.15, 0.2) is 377 Å². The van der Waals surface area contributed by atoms with E-state index in [-0.39, 0.29) is 0 Å². The van der Waals surface area contributed by atoms with Gasteiger partial charge >= 0.3 is 0 Å². The van der Waals surface area contributed by atoms with E-state index in [0.29, 0.717) is 11.6 Å².